The Balaban J connectivity index is 1.80. The number of anilines is 2. The van der Waals surface area contributed by atoms with Gasteiger partial charge in [-0.2, -0.15) is 5.10 Å². The van der Waals surface area contributed by atoms with E-state index in [1.807, 2.05) is 63.5 Å². The second kappa shape index (κ2) is 10.7. The van der Waals surface area contributed by atoms with Gasteiger partial charge in [0.1, 0.15) is 5.84 Å². The number of H-pyrrole nitrogens is 1. The molecule has 3 rings (SSSR count). The van der Waals surface area contributed by atoms with E-state index in [4.69, 9.17) is 4.99 Å². The second-order valence-corrected chi connectivity index (χ2v) is 7.01. The van der Waals surface area contributed by atoms with Crippen LogP contribution < -0.4 is 10.6 Å². The summed E-state index contributed by atoms with van der Waals surface area (Å²) in [5.41, 5.74) is 7.23. The SMILES string of the molecule is C=N/C(C)=C\C(=NCc1ccc(/C=C/C)c(NC)c1)Nc1ccc(-c2cn[nH]c2)cc1. The lowest BCUT2D eigenvalue weighted by Gasteiger charge is -2.10. The number of hydrogen-bond donors (Lipinski definition) is 3. The first-order valence-corrected chi connectivity index (χ1v) is 10.1. The van der Waals surface area contributed by atoms with Crippen LogP contribution in [0, 0.1) is 0 Å². The monoisotopic (exact) mass is 412 g/mol. The molecule has 0 aliphatic heterocycles. The molecule has 2 aromatic carbocycles. The van der Waals surface area contributed by atoms with E-state index in [1.165, 1.54) is 0 Å². The fourth-order valence-electron chi connectivity index (χ4n) is 3.09. The van der Waals surface area contributed by atoms with Crippen molar-refractivity contribution in [3.8, 4) is 11.1 Å². The minimum Gasteiger partial charge on any atom is -0.388 e. The first-order chi connectivity index (χ1) is 15.1. The molecule has 0 spiro atoms. The molecule has 0 saturated heterocycles. The van der Waals surface area contributed by atoms with Crippen molar-refractivity contribution in [2.45, 2.75) is 20.4 Å². The molecule has 3 aromatic rings. The summed E-state index contributed by atoms with van der Waals surface area (Å²) >= 11 is 0. The van der Waals surface area contributed by atoms with Gasteiger partial charge in [-0.1, -0.05) is 36.4 Å². The summed E-state index contributed by atoms with van der Waals surface area (Å²) in [5.74, 6) is 0.726. The van der Waals surface area contributed by atoms with Crippen molar-refractivity contribution in [3.63, 3.8) is 0 Å². The van der Waals surface area contributed by atoms with Gasteiger partial charge in [0.25, 0.3) is 0 Å². The molecule has 0 atom stereocenters. The van der Waals surface area contributed by atoms with Gasteiger partial charge in [0.15, 0.2) is 0 Å². The maximum absolute atomic E-state index is 4.78. The molecule has 0 saturated carbocycles. The Kier molecular flexibility index (Phi) is 7.54. The fraction of sp³-hybridized carbons (Fsp3) is 0.160. The quantitative estimate of drug-likeness (QED) is 0.325. The minimum atomic E-state index is 0.543. The van der Waals surface area contributed by atoms with Crippen molar-refractivity contribution in [1.29, 1.82) is 0 Å². The zero-order chi connectivity index (χ0) is 22.1. The molecule has 0 aliphatic carbocycles. The highest BCUT2D eigenvalue weighted by Crippen LogP contribution is 2.21. The van der Waals surface area contributed by atoms with E-state index < -0.39 is 0 Å². The molecular formula is C25H28N6. The molecule has 0 aliphatic rings. The molecule has 0 bridgehead atoms. The second-order valence-electron chi connectivity index (χ2n) is 7.01. The number of hydrogen-bond acceptors (Lipinski definition) is 4. The minimum absolute atomic E-state index is 0.543. The maximum Gasteiger partial charge on any atom is 0.127 e. The summed E-state index contributed by atoms with van der Waals surface area (Å²) in [7, 11) is 1.93. The van der Waals surface area contributed by atoms with Crippen molar-refractivity contribution in [3.05, 3.63) is 83.8 Å². The molecular weight excluding hydrogens is 384 g/mol. The largest absolute Gasteiger partial charge is 0.388 e. The van der Waals surface area contributed by atoms with Crippen molar-refractivity contribution < 1.29 is 0 Å². The van der Waals surface area contributed by atoms with E-state index in [0.29, 0.717) is 6.54 Å². The average Bonchev–Trinajstić information content (AvgIpc) is 3.33. The zero-order valence-electron chi connectivity index (χ0n) is 18.2. The van der Waals surface area contributed by atoms with Gasteiger partial charge < -0.3 is 10.6 Å². The predicted molar refractivity (Wildman–Crippen MR) is 133 cm³/mol. The molecule has 0 fully saturated rings. The molecule has 31 heavy (non-hydrogen) atoms. The summed E-state index contributed by atoms with van der Waals surface area (Å²) in [6.45, 7) is 8.06. The summed E-state index contributed by atoms with van der Waals surface area (Å²) in [4.78, 5) is 8.78. The van der Waals surface area contributed by atoms with E-state index in [1.54, 1.807) is 6.20 Å². The van der Waals surface area contributed by atoms with E-state index in [0.717, 1.165) is 45.2 Å². The molecule has 3 N–H and O–H groups in total. The van der Waals surface area contributed by atoms with Gasteiger partial charge in [0, 0.05) is 42.0 Å². The Morgan fingerprint density at radius 3 is 2.61 bits per heavy atom. The van der Waals surface area contributed by atoms with E-state index in [2.05, 4.69) is 56.8 Å². The Bertz CT molecular complexity index is 1090. The number of nitrogens with one attached hydrogen (secondary N) is 3. The first kappa shape index (κ1) is 21.8. The lowest BCUT2D eigenvalue weighted by atomic mass is 10.1. The standard InChI is InChI=1S/C25H28N6/c1-5-6-21-8-7-19(14-24(21)27-4)15-28-25(13-18(2)26-3)31-23-11-9-20(10-12-23)22-16-29-30-17-22/h5-14,16-17,27H,3,15H2,1-2,4H3,(H,28,31)(H,29,30)/b6-5+,18-13-. The highest BCUT2D eigenvalue weighted by molar-refractivity contribution is 6.04. The lowest BCUT2D eigenvalue weighted by molar-refractivity contribution is 1.07. The first-order valence-electron chi connectivity index (χ1n) is 10.1. The molecule has 6 nitrogen and oxygen atoms in total. The summed E-state index contributed by atoms with van der Waals surface area (Å²) in [5, 5.41) is 13.5. The Morgan fingerprint density at radius 2 is 1.97 bits per heavy atom. The number of rotatable bonds is 8. The number of benzene rings is 2. The van der Waals surface area contributed by atoms with Crippen molar-refractivity contribution in [2.24, 2.45) is 9.98 Å². The van der Waals surface area contributed by atoms with E-state index in [-0.39, 0.29) is 0 Å². The number of amidine groups is 1. The van der Waals surface area contributed by atoms with E-state index >= 15 is 0 Å². The lowest BCUT2D eigenvalue weighted by Crippen LogP contribution is -2.10. The van der Waals surface area contributed by atoms with E-state index in [9.17, 15) is 0 Å². The summed E-state index contributed by atoms with van der Waals surface area (Å²) in [6, 6.07) is 14.5. The van der Waals surface area contributed by atoms with Gasteiger partial charge in [-0.25, -0.2) is 0 Å². The highest BCUT2D eigenvalue weighted by atomic mass is 15.1. The van der Waals surface area contributed by atoms with Crippen LogP contribution >= 0.6 is 0 Å². The Labute approximate surface area is 183 Å². The molecule has 6 heteroatoms. The van der Waals surface area contributed by atoms with Crippen LogP contribution in [0.15, 0.2) is 82.7 Å². The Morgan fingerprint density at radius 1 is 1.16 bits per heavy atom. The van der Waals surface area contributed by atoms with Crippen molar-refractivity contribution >= 4 is 30.0 Å². The van der Waals surface area contributed by atoms with Gasteiger partial charge in [-0.05, 0) is 55.5 Å². The molecule has 1 heterocycles. The van der Waals surface area contributed by atoms with Crippen LogP contribution in [0.1, 0.15) is 25.0 Å². The fourth-order valence-corrected chi connectivity index (χ4v) is 3.09. The zero-order valence-corrected chi connectivity index (χ0v) is 18.2. The average molecular weight is 413 g/mol. The van der Waals surface area contributed by atoms with Crippen LogP contribution in [0.25, 0.3) is 17.2 Å². The number of allylic oxidation sites excluding steroid dienone is 2. The van der Waals surface area contributed by atoms with Crippen molar-refractivity contribution in [1.82, 2.24) is 10.2 Å². The Hall–Kier alpha value is -3.93. The molecule has 0 radical (unpaired) electrons. The van der Waals surface area contributed by atoms with Gasteiger partial charge in [0.05, 0.1) is 12.7 Å². The van der Waals surface area contributed by atoms with Crippen LogP contribution in [0.5, 0.6) is 0 Å². The maximum atomic E-state index is 4.78. The third-order valence-corrected chi connectivity index (χ3v) is 4.75. The number of aromatic amines is 1. The number of nitrogens with zero attached hydrogens (tertiary/aromatic N) is 3. The van der Waals surface area contributed by atoms with Gasteiger partial charge >= 0.3 is 0 Å². The summed E-state index contributed by atoms with van der Waals surface area (Å²) < 4.78 is 0. The molecule has 0 amide bonds. The van der Waals surface area contributed by atoms with Gasteiger partial charge in [0.2, 0.25) is 0 Å². The predicted octanol–water partition coefficient (Wildman–Crippen LogP) is 5.77. The van der Waals surface area contributed by atoms with Crippen molar-refractivity contribution in [2.75, 3.05) is 17.7 Å². The van der Waals surface area contributed by atoms with Gasteiger partial charge in [-0.3, -0.25) is 15.1 Å². The number of aromatic nitrogens is 2. The smallest absolute Gasteiger partial charge is 0.127 e. The number of aliphatic imine (C=N–C) groups is 2. The van der Waals surface area contributed by atoms with Crippen LogP contribution in [-0.2, 0) is 6.54 Å². The van der Waals surface area contributed by atoms with Crippen LogP contribution in [0.4, 0.5) is 11.4 Å². The molecule has 158 valence electrons. The van der Waals surface area contributed by atoms with Crippen LogP contribution in [-0.4, -0.2) is 29.8 Å². The van der Waals surface area contributed by atoms with Gasteiger partial charge in [-0.15, -0.1) is 0 Å². The van der Waals surface area contributed by atoms with Crippen LogP contribution in [0.3, 0.4) is 0 Å². The highest BCUT2D eigenvalue weighted by Gasteiger charge is 2.04. The normalized spacial score (nSPS) is 12.2. The third-order valence-electron chi connectivity index (χ3n) is 4.75. The summed E-state index contributed by atoms with van der Waals surface area (Å²) in [6.07, 6.45) is 9.69. The van der Waals surface area contributed by atoms with Crippen LogP contribution in [0.2, 0.25) is 0 Å². The molecule has 1 aromatic heterocycles. The third kappa shape index (κ3) is 6.02. The molecule has 0 unspecified atom stereocenters. The topological polar surface area (TPSA) is 77.5 Å².